The summed E-state index contributed by atoms with van der Waals surface area (Å²) in [5, 5.41) is 0. The highest BCUT2D eigenvalue weighted by Gasteiger charge is 2.48. The monoisotopic (exact) mass is 218 g/mol. The molecule has 0 atom stereocenters. The highest BCUT2D eigenvalue weighted by Crippen LogP contribution is 2.48. The van der Waals surface area contributed by atoms with Gasteiger partial charge in [-0.1, -0.05) is 46.1 Å². The molecule has 0 amide bonds. The lowest BCUT2D eigenvalue weighted by atomic mass is 10.1. The summed E-state index contributed by atoms with van der Waals surface area (Å²) in [6.45, 7) is 14.3. The quantitative estimate of drug-likeness (QED) is 0.556. The normalized spacial score (nSPS) is 31.5. The SMILES string of the molecule is CC1(C)CC[Si](C)(C)[Si](C)(C)S1. The number of rotatable bonds is 0. The van der Waals surface area contributed by atoms with Crippen LogP contribution in [0.1, 0.15) is 20.3 Å². The molecule has 0 unspecified atom stereocenters. The molecular formula is C9H22SSi2. The van der Waals surface area contributed by atoms with Gasteiger partial charge in [0.2, 0.25) is 0 Å². The molecule has 0 aromatic carbocycles. The zero-order valence-electron chi connectivity index (χ0n) is 9.32. The van der Waals surface area contributed by atoms with Crippen molar-refractivity contribution in [1.29, 1.82) is 0 Å². The van der Waals surface area contributed by atoms with E-state index < -0.39 is 14.3 Å². The summed E-state index contributed by atoms with van der Waals surface area (Å²) < 4.78 is 0.582. The van der Waals surface area contributed by atoms with Crippen molar-refractivity contribution in [2.24, 2.45) is 0 Å². The maximum atomic E-state index is 2.60. The molecule has 1 saturated heterocycles. The van der Waals surface area contributed by atoms with Crippen molar-refractivity contribution in [3.8, 4) is 0 Å². The zero-order chi connectivity index (χ0) is 9.62. The van der Waals surface area contributed by atoms with Crippen molar-refractivity contribution >= 4 is 25.5 Å². The summed E-state index contributed by atoms with van der Waals surface area (Å²) in [6, 6.07) is 1.56. The lowest BCUT2D eigenvalue weighted by molar-refractivity contribution is 0.680. The van der Waals surface area contributed by atoms with E-state index in [-0.39, 0.29) is 0 Å². The number of hydrogen-bond donors (Lipinski definition) is 0. The van der Waals surface area contributed by atoms with E-state index in [0.29, 0.717) is 4.75 Å². The molecule has 0 aliphatic carbocycles. The van der Waals surface area contributed by atoms with Crippen LogP contribution >= 0.6 is 11.2 Å². The molecule has 0 saturated carbocycles. The van der Waals surface area contributed by atoms with Gasteiger partial charge in [-0.25, -0.2) is 0 Å². The molecule has 12 heavy (non-hydrogen) atoms. The molecule has 0 radical (unpaired) electrons. The Labute approximate surface area is 83.0 Å². The maximum absolute atomic E-state index is 2.60. The van der Waals surface area contributed by atoms with E-state index in [1.54, 1.807) is 6.04 Å². The summed E-state index contributed by atoms with van der Waals surface area (Å²) in [6.07, 6.45) is 1.45. The van der Waals surface area contributed by atoms with Crippen molar-refractivity contribution in [1.82, 2.24) is 0 Å². The molecule has 3 heteroatoms. The summed E-state index contributed by atoms with van der Waals surface area (Å²) in [4.78, 5) is 0. The van der Waals surface area contributed by atoms with E-state index in [1.807, 2.05) is 0 Å². The molecule has 1 fully saturated rings. The Bertz CT molecular complexity index is 185. The Balaban J connectivity index is 2.82. The van der Waals surface area contributed by atoms with Crippen molar-refractivity contribution in [2.45, 2.75) is 57.2 Å². The van der Waals surface area contributed by atoms with Crippen molar-refractivity contribution < 1.29 is 0 Å². The Hall–Kier alpha value is 0.784. The Kier molecular flexibility index (Phi) is 2.61. The van der Waals surface area contributed by atoms with Crippen LogP contribution < -0.4 is 0 Å². The van der Waals surface area contributed by atoms with E-state index in [9.17, 15) is 0 Å². The fraction of sp³-hybridized carbons (Fsp3) is 1.00. The molecule has 0 N–H and O–H groups in total. The predicted molar refractivity (Wildman–Crippen MR) is 66.1 cm³/mol. The van der Waals surface area contributed by atoms with Gasteiger partial charge in [0.05, 0.1) is 7.59 Å². The van der Waals surface area contributed by atoms with Gasteiger partial charge in [0.25, 0.3) is 0 Å². The standard InChI is InChI=1S/C9H22SSi2/c1-9(2)7-8-11(3,4)12(5,6)10-9/h7-8H2,1-6H3. The largest absolute Gasteiger partial charge is 0.183 e. The molecule has 0 bridgehead atoms. The molecule has 0 aromatic rings. The van der Waals surface area contributed by atoms with E-state index >= 15 is 0 Å². The lowest BCUT2D eigenvalue weighted by Gasteiger charge is -2.48. The van der Waals surface area contributed by atoms with E-state index in [2.05, 4.69) is 51.2 Å². The summed E-state index contributed by atoms with van der Waals surface area (Å²) >= 11 is 2.35. The van der Waals surface area contributed by atoms with Crippen molar-refractivity contribution in [3.05, 3.63) is 0 Å². The fourth-order valence-corrected chi connectivity index (χ4v) is 19.0. The molecule has 0 spiro atoms. The van der Waals surface area contributed by atoms with Gasteiger partial charge in [-0.3, -0.25) is 0 Å². The summed E-state index contributed by atoms with van der Waals surface area (Å²) in [5.41, 5.74) is 0. The first kappa shape index (κ1) is 10.9. The minimum absolute atomic E-state index is 0.582. The van der Waals surface area contributed by atoms with Crippen LogP contribution in [0.15, 0.2) is 0 Å². The topological polar surface area (TPSA) is 0 Å². The molecule has 0 aromatic heterocycles. The fourth-order valence-electron chi connectivity index (χ4n) is 1.79. The van der Waals surface area contributed by atoms with Crippen LogP contribution in [-0.4, -0.2) is 19.1 Å². The van der Waals surface area contributed by atoms with Gasteiger partial charge in [-0.15, -0.1) is 0 Å². The average molecular weight is 219 g/mol. The Morgan fingerprint density at radius 3 is 1.92 bits per heavy atom. The van der Waals surface area contributed by atoms with E-state index in [0.717, 1.165) is 0 Å². The van der Waals surface area contributed by atoms with Crippen LogP contribution in [0.2, 0.25) is 32.2 Å². The van der Waals surface area contributed by atoms with Crippen LogP contribution in [0.25, 0.3) is 0 Å². The Morgan fingerprint density at radius 1 is 1.08 bits per heavy atom. The smallest absolute Gasteiger partial charge is 0.103 e. The predicted octanol–water partition coefficient (Wildman–Crippen LogP) is 3.89. The molecule has 1 rings (SSSR count). The highest BCUT2D eigenvalue weighted by molar-refractivity contribution is 8.36. The zero-order valence-corrected chi connectivity index (χ0v) is 12.1. The second kappa shape index (κ2) is 2.89. The molecule has 72 valence electrons. The van der Waals surface area contributed by atoms with Gasteiger partial charge < -0.3 is 0 Å². The average Bonchev–Trinajstić information content (AvgIpc) is 1.79. The van der Waals surface area contributed by atoms with Gasteiger partial charge in [0, 0.05) is 4.75 Å². The third-order valence-electron chi connectivity index (χ3n) is 3.51. The molecule has 0 nitrogen and oxygen atoms in total. The number of hydrogen-bond acceptors (Lipinski definition) is 1. The van der Waals surface area contributed by atoms with Crippen LogP contribution in [0.3, 0.4) is 0 Å². The molecule has 1 heterocycles. The summed E-state index contributed by atoms with van der Waals surface area (Å²) in [7, 11) is -0.805. The first-order valence-corrected chi connectivity index (χ1v) is 13.6. The summed E-state index contributed by atoms with van der Waals surface area (Å²) in [5.74, 6) is 0. The van der Waals surface area contributed by atoms with Crippen LogP contribution in [0.5, 0.6) is 0 Å². The second-order valence-electron chi connectivity index (χ2n) is 5.76. The van der Waals surface area contributed by atoms with Gasteiger partial charge in [0.15, 0.2) is 0 Å². The van der Waals surface area contributed by atoms with Gasteiger partial charge in [-0.05, 0) is 6.42 Å². The maximum Gasteiger partial charge on any atom is 0.103 e. The molecule has 1 aliphatic rings. The van der Waals surface area contributed by atoms with E-state index in [4.69, 9.17) is 0 Å². The van der Waals surface area contributed by atoms with E-state index in [1.165, 1.54) is 6.42 Å². The van der Waals surface area contributed by atoms with Crippen molar-refractivity contribution in [3.63, 3.8) is 0 Å². The second-order valence-corrected chi connectivity index (χ2v) is 26.9. The minimum atomic E-state index is -0.898. The minimum Gasteiger partial charge on any atom is -0.183 e. The Morgan fingerprint density at radius 2 is 1.58 bits per heavy atom. The third kappa shape index (κ3) is 1.99. The van der Waals surface area contributed by atoms with Crippen LogP contribution in [0.4, 0.5) is 0 Å². The van der Waals surface area contributed by atoms with Gasteiger partial charge >= 0.3 is 0 Å². The van der Waals surface area contributed by atoms with Crippen LogP contribution in [-0.2, 0) is 0 Å². The highest BCUT2D eigenvalue weighted by atomic mass is 32.4. The van der Waals surface area contributed by atoms with Crippen LogP contribution in [0, 0.1) is 0 Å². The molecule has 1 aliphatic heterocycles. The van der Waals surface area contributed by atoms with Gasteiger partial charge in [-0.2, -0.15) is 11.2 Å². The van der Waals surface area contributed by atoms with Gasteiger partial charge in [0.1, 0.15) is 6.74 Å². The van der Waals surface area contributed by atoms with Crippen molar-refractivity contribution in [2.75, 3.05) is 0 Å². The third-order valence-corrected chi connectivity index (χ3v) is 29.1. The molecular weight excluding hydrogens is 196 g/mol. The lowest BCUT2D eigenvalue weighted by Crippen LogP contribution is -2.58. The first-order valence-electron chi connectivity index (χ1n) is 4.87. The first-order chi connectivity index (χ1) is 5.16.